The Hall–Kier alpha value is -4.10. The van der Waals surface area contributed by atoms with E-state index in [-0.39, 0.29) is 12.1 Å². The summed E-state index contributed by atoms with van der Waals surface area (Å²) in [7, 11) is 0. The Morgan fingerprint density at radius 1 is 1.05 bits per heavy atom. The predicted molar refractivity (Wildman–Crippen MR) is 123 cm³/mol. The number of aromatic amines is 1. The number of aryl methyl sites for hydroxylation is 1. The number of fused-ring (bicyclic) bond motifs is 1. The van der Waals surface area contributed by atoms with Crippen molar-refractivity contribution < 1.29 is 26.3 Å². The van der Waals surface area contributed by atoms with E-state index >= 15 is 0 Å². The maximum atomic E-state index is 13.2. The first-order valence-corrected chi connectivity index (χ1v) is 11.0. The molecule has 37 heavy (non-hydrogen) atoms. The second-order valence-electron chi connectivity index (χ2n) is 8.43. The van der Waals surface area contributed by atoms with Crippen molar-refractivity contribution in [3.63, 3.8) is 0 Å². The molecule has 1 atom stereocenters. The van der Waals surface area contributed by atoms with Gasteiger partial charge in [-0.25, -0.2) is 9.78 Å². The number of pyridine rings is 1. The van der Waals surface area contributed by atoms with E-state index in [2.05, 4.69) is 15.5 Å². The Balaban J connectivity index is 1.44. The summed E-state index contributed by atoms with van der Waals surface area (Å²) in [5.41, 5.74) is -3.99. The Kier molecular flexibility index (Phi) is 6.84. The van der Waals surface area contributed by atoms with Crippen LogP contribution in [-0.4, -0.2) is 30.6 Å². The molecule has 196 valence electrons. The summed E-state index contributed by atoms with van der Waals surface area (Å²) >= 11 is 0. The summed E-state index contributed by atoms with van der Waals surface area (Å²) in [4.78, 5) is 24.5. The van der Waals surface area contributed by atoms with E-state index in [0.29, 0.717) is 35.5 Å². The molecule has 0 bridgehead atoms. The van der Waals surface area contributed by atoms with E-state index in [9.17, 15) is 35.9 Å². The molecule has 0 saturated carbocycles. The number of nitrogens with zero attached hydrogens (tertiary/aromatic N) is 4. The highest BCUT2D eigenvalue weighted by Gasteiger charge is 2.37. The zero-order valence-corrected chi connectivity index (χ0v) is 19.2. The van der Waals surface area contributed by atoms with Crippen LogP contribution in [0, 0.1) is 0 Å². The molecule has 0 radical (unpaired) electrons. The molecule has 14 heteroatoms. The summed E-state index contributed by atoms with van der Waals surface area (Å²) in [6.45, 7) is 1.92. The van der Waals surface area contributed by atoms with Gasteiger partial charge in [0, 0.05) is 30.4 Å². The third-order valence-electron chi connectivity index (χ3n) is 5.71. The molecule has 0 aliphatic carbocycles. The number of nitrogens with one attached hydrogen (secondary N) is 2. The van der Waals surface area contributed by atoms with Crippen LogP contribution in [0.1, 0.15) is 30.9 Å². The van der Waals surface area contributed by atoms with Gasteiger partial charge in [-0.05, 0) is 49.4 Å². The van der Waals surface area contributed by atoms with Crippen molar-refractivity contribution in [2.45, 2.75) is 44.7 Å². The van der Waals surface area contributed by atoms with Gasteiger partial charge in [0.15, 0.2) is 0 Å². The molecule has 2 N–H and O–H groups in total. The number of halogens is 6. The molecule has 3 heterocycles. The fourth-order valence-electron chi connectivity index (χ4n) is 3.90. The van der Waals surface area contributed by atoms with Gasteiger partial charge in [0.25, 0.3) is 11.1 Å². The van der Waals surface area contributed by atoms with Crippen molar-refractivity contribution in [1.29, 1.82) is 0 Å². The van der Waals surface area contributed by atoms with Crippen molar-refractivity contribution in [2.24, 2.45) is 0 Å². The lowest BCUT2D eigenvalue weighted by molar-refractivity contribution is -0.138. The number of H-pyrrole nitrogens is 1. The molecule has 0 spiro atoms. The van der Waals surface area contributed by atoms with Crippen LogP contribution in [0.3, 0.4) is 0 Å². The second kappa shape index (κ2) is 9.75. The Bertz CT molecular complexity index is 1540. The van der Waals surface area contributed by atoms with Gasteiger partial charge >= 0.3 is 12.4 Å². The quantitative estimate of drug-likeness (QED) is 0.344. The Morgan fingerprint density at radius 3 is 2.49 bits per heavy atom. The number of hydrogen-bond donors (Lipinski definition) is 2. The lowest BCUT2D eigenvalue weighted by atomic mass is 10.1. The Morgan fingerprint density at radius 2 is 1.81 bits per heavy atom. The summed E-state index contributed by atoms with van der Waals surface area (Å²) < 4.78 is 80.7. The minimum Gasteiger partial charge on any atom is -0.381 e. The number of rotatable bonds is 7. The van der Waals surface area contributed by atoms with Crippen LogP contribution in [0.15, 0.2) is 58.6 Å². The maximum Gasteiger partial charge on any atom is 0.423 e. The highest BCUT2D eigenvalue weighted by atomic mass is 19.4. The number of alkyl halides is 6. The second-order valence-corrected chi connectivity index (χ2v) is 8.43. The van der Waals surface area contributed by atoms with Gasteiger partial charge in [-0.15, -0.1) is 0 Å². The molecule has 1 aromatic carbocycles. The summed E-state index contributed by atoms with van der Waals surface area (Å²) in [6, 6.07) is 5.73. The van der Waals surface area contributed by atoms with E-state index in [1.54, 1.807) is 30.4 Å². The third-order valence-corrected chi connectivity index (χ3v) is 5.71. The smallest absolute Gasteiger partial charge is 0.381 e. The third kappa shape index (κ3) is 5.67. The minimum atomic E-state index is -4.85. The first-order chi connectivity index (χ1) is 17.3. The molecule has 4 aromatic rings. The van der Waals surface area contributed by atoms with Crippen LogP contribution >= 0.6 is 0 Å². The SMILES string of the molecule is CC(CCCn1ccc2cc(-n3cc(C(F)(F)F)cn3)ccc2c1=O)Nc1cn[nH]c(=O)c1C(F)(F)F. The van der Waals surface area contributed by atoms with Gasteiger partial charge in [-0.2, -0.15) is 36.5 Å². The zero-order chi connectivity index (χ0) is 27.0. The average molecular weight is 526 g/mol. The molecular formula is C23H20F6N6O2. The number of hydrogen-bond acceptors (Lipinski definition) is 5. The average Bonchev–Trinajstić information content (AvgIpc) is 3.31. The summed E-state index contributed by atoms with van der Waals surface area (Å²) in [5.74, 6) is 0. The fourth-order valence-corrected chi connectivity index (χ4v) is 3.90. The van der Waals surface area contributed by atoms with Gasteiger partial charge in [-0.3, -0.25) is 9.59 Å². The molecule has 0 saturated heterocycles. The predicted octanol–water partition coefficient (Wildman–Crippen LogP) is 4.59. The Labute approximate surface area is 204 Å². The lowest BCUT2D eigenvalue weighted by Gasteiger charge is -2.18. The van der Waals surface area contributed by atoms with Crippen molar-refractivity contribution in [3.8, 4) is 5.69 Å². The molecule has 0 fully saturated rings. The molecule has 8 nitrogen and oxygen atoms in total. The molecule has 0 aliphatic heterocycles. The van der Waals surface area contributed by atoms with E-state index in [1.807, 2.05) is 0 Å². The van der Waals surface area contributed by atoms with Gasteiger partial charge in [0.05, 0.1) is 29.3 Å². The maximum absolute atomic E-state index is 13.2. The highest BCUT2D eigenvalue weighted by molar-refractivity contribution is 5.83. The van der Waals surface area contributed by atoms with Crippen molar-refractivity contribution in [1.82, 2.24) is 24.5 Å². The molecule has 0 amide bonds. The van der Waals surface area contributed by atoms with Gasteiger partial charge in [0.2, 0.25) is 0 Å². The van der Waals surface area contributed by atoms with E-state index in [0.717, 1.165) is 17.1 Å². The molecule has 1 unspecified atom stereocenters. The van der Waals surface area contributed by atoms with E-state index in [1.165, 1.54) is 16.7 Å². The van der Waals surface area contributed by atoms with Crippen molar-refractivity contribution in [3.05, 3.63) is 80.9 Å². The number of benzene rings is 1. The van der Waals surface area contributed by atoms with E-state index in [4.69, 9.17) is 0 Å². The standard InChI is InChI=1S/C23H20F6N6O2/c1-13(32-18-11-30-33-20(36)19(18)23(27,28)29)3-2-7-34-8-6-14-9-16(4-5-17(14)21(34)37)35-12-15(10-31-35)22(24,25)26/h4-6,8-13H,2-3,7H2,1H3,(H2,32,33,36). The topological polar surface area (TPSA) is 97.6 Å². The van der Waals surface area contributed by atoms with Crippen molar-refractivity contribution >= 4 is 16.5 Å². The first kappa shape index (κ1) is 26.0. The molecular weight excluding hydrogens is 506 g/mol. The fraction of sp³-hybridized carbons (Fsp3) is 0.304. The van der Waals surface area contributed by atoms with Gasteiger partial charge in [0.1, 0.15) is 5.56 Å². The molecule has 4 rings (SSSR count). The normalized spacial score (nSPS) is 13.2. The van der Waals surface area contributed by atoms with Crippen molar-refractivity contribution in [2.75, 3.05) is 5.32 Å². The van der Waals surface area contributed by atoms with Crippen LogP contribution in [-0.2, 0) is 18.9 Å². The number of anilines is 1. The van der Waals surface area contributed by atoms with Crippen LogP contribution in [0.25, 0.3) is 16.5 Å². The van der Waals surface area contributed by atoms with Crippen LogP contribution in [0.5, 0.6) is 0 Å². The largest absolute Gasteiger partial charge is 0.423 e. The van der Waals surface area contributed by atoms with Crippen LogP contribution < -0.4 is 16.4 Å². The molecule has 3 aromatic heterocycles. The minimum absolute atomic E-state index is 0.274. The first-order valence-electron chi connectivity index (χ1n) is 11.0. The zero-order valence-electron chi connectivity index (χ0n) is 19.2. The summed E-state index contributed by atoms with van der Waals surface area (Å²) in [6.07, 6.45) is -4.54. The molecule has 0 aliphatic rings. The number of aromatic nitrogens is 5. The van der Waals surface area contributed by atoms with Crippen LogP contribution in [0.2, 0.25) is 0 Å². The van der Waals surface area contributed by atoms with Gasteiger partial charge < -0.3 is 9.88 Å². The monoisotopic (exact) mass is 526 g/mol. The van der Waals surface area contributed by atoms with Crippen LogP contribution in [0.4, 0.5) is 32.0 Å². The van der Waals surface area contributed by atoms with E-state index < -0.39 is 40.8 Å². The van der Waals surface area contributed by atoms with Gasteiger partial charge in [-0.1, -0.05) is 0 Å². The highest BCUT2D eigenvalue weighted by Crippen LogP contribution is 2.32. The summed E-state index contributed by atoms with van der Waals surface area (Å²) in [5, 5.41) is 12.4. The lowest BCUT2D eigenvalue weighted by Crippen LogP contribution is -2.27.